The summed E-state index contributed by atoms with van der Waals surface area (Å²) in [6.45, 7) is 0.298. The SMILES string of the molecule is COC(=O)C(=O)/C=C(\O)c1ccc(OCc2ccc3ccccc3n2)cc1. The van der Waals surface area contributed by atoms with E-state index >= 15 is 0 Å². The minimum absolute atomic E-state index is 0.298. The van der Waals surface area contributed by atoms with Crippen LogP contribution in [-0.4, -0.2) is 29.0 Å². The van der Waals surface area contributed by atoms with Gasteiger partial charge in [-0.05, 0) is 36.4 Å². The molecule has 27 heavy (non-hydrogen) atoms. The number of aromatic nitrogens is 1. The molecule has 2 aromatic carbocycles. The van der Waals surface area contributed by atoms with E-state index in [4.69, 9.17) is 4.74 Å². The van der Waals surface area contributed by atoms with Crippen molar-refractivity contribution in [3.05, 3.63) is 78.0 Å². The first kappa shape index (κ1) is 18.1. The molecule has 3 rings (SSSR count). The fraction of sp³-hybridized carbons (Fsp3) is 0.0952. The summed E-state index contributed by atoms with van der Waals surface area (Å²) in [6.07, 6.45) is 0.820. The van der Waals surface area contributed by atoms with E-state index in [0.717, 1.165) is 29.8 Å². The van der Waals surface area contributed by atoms with Crippen LogP contribution in [0.1, 0.15) is 11.3 Å². The number of fused-ring (bicyclic) bond motifs is 1. The minimum Gasteiger partial charge on any atom is -0.507 e. The number of para-hydroxylation sites is 1. The van der Waals surface area contributed by atoms with Gasteiger partial charge in [-0.15, -0.1) is 0 Å². The van der Waals surface area contributed by atoms with Gasteiger partial charge in [-0.1, -0.05) is 24.3 Å². The lowest BCUT2D eigenvalue weighted by Crippen LogP contribution is -2.13. The molecule has 0 bridgehead atoms. The van der Waals surface area contributed by atoms with Crippen molar-refractivity contribution in [3.8, 4) is 5.75 Å². The Hall–Kier alpha value is -3.67. The van der Waals surface area contributed by atoms with Crippen molar-refractivity contribution >= 4 is 28.4 Å². The highest BCUT2D eigenvalue weighted by molar-refractivity contribution is 6.39. The average Bonchev–Trinajstić information content (AvgIpc) is 2.71. The van der Waals surface area contributed by atoms with E-state index in [1.54, 1.807) is 24.3 Å². The maximum atomic E-state index is 11.4. The van der Waals surface area contributed by atoms with Crippen molar-refractivity contribution in [1.29, 1.82) is 0 Å². The number of rotatable bonds is 6. The molecule has 0 radical (unpaired) electrons. The van der Waals surface area contributed by atoms with E-state index in [1.807, 2.05) is 36.4 Å². The molecule has 0 saturated carbocycles. The first-order valence-electron chi connectivity index (χ1n) is 8.17. The second-order valence-corrected chi connectivity index (χ2v) is 5.69. The number of ether oxygens (including phenoxy) is 2. The smallest absolute Gasteiger partial charge is 0.378 e. The van der Waals surface area contributed by atoms with Gasteiger partial charge in [-0.2, -0.15) is 0 Å². The third-order valence-electron chi connectivity index (χ3n) is 3.85. The average molecular weight is 363 g/mol. The maximum absolute atomic E-state index is 11.4. The Balaban J connectivity index is 1.65. The number of esters is 1. The van der Waals surface area contributed by atoms with Crippen LogP contribution in [0.4, 0.5) is 0 Å². The number of ketones is 1. The normalized spacial score (nSPS) is 11.2. The second-order valence-electron chi connectivity index (χ2n) is 5.69. The number of carbonyl (C=O) groups is 2. The Bertz CT molecular complexity index is 1010. The Morgan fingerprint density at radius 3 is 2.52 bits per heavy atom. The number of aliphatic hydroxyl groups is 1. The van der Waals surface area contributed by atoms with Crippen LogP contribution in [0, 0.1) is 0 Å². The zero-order valence-corrected chi connectivity index (χ0v) is 14.6. The van der Waals surface area contributed by atoms with Crippen molar-refractivity contribution in [2.45, 2.75) is 6.61 Å². The number of hydrogen-bond acceptors (Lipinski definition) is 6. The van der Waals surface area contributed by atoms with Gasteiger partial charge in [0.25, 0.3) is 5.78 Å². The van der Waals surface area contributed by atoms with Crippen molar-refractivity contribution in [2.24, 2.45) is 0 Å². The fourth-order valence-corrected chi connectivity index (χ4v) is 2.43. The molecular weight excluding hydrogens is 346 g/mol. The first-order chi connectivity index (χ1) is 13.1. The van der Waals surface area contributed by atoms with Crippen LogP contribution in [0.25, 0.3) is 16.7 Å². The quantitative estimate of drug-likeness (QED) is 0.312. The Labute approximate surface area is 155 Å². The molecule has 0 spiro atoms. The predicted molar refractivity (Wildman–Crippen MR) is 100 cm³/mol. The topological polar surface area (TPSA) is 85.7 Å². The number of aliphatic hydroxyl groups excluding tert-OH is 1. The van der Waals surface area contributed by atoms with Gasteiger partial charge < -0.3 is 14.6 Å². The zero-order chi connectivity index (χ0) is 19.2. The fourth-order valence-electron chi connectivity index (χ4n) is 2.43. The Kier molecular flexibility index (Phi) is 5.47. The summed E-state index contributed by atoms with van der Waals surface area (Å²) in [5.74, 6) is -1.71. The number of benzene rings is 2. The molecule has 136 valence electrons. The summed E-state index contributed by atoms with van der Waals surface area (Å²) in [5.41, 5.74) is 2.08. The number of methoxy groups -OCH3 is 1. The van der Waals surface area contributed by atoms with Crippen LogP contribution in [0.5, 0.6) is 5.75 Å². The minimum atomic E-state index is -1.04. The lowest BCUT2D eigenvalue weighted by Gasteiger charge is -2.08. The third-order valence-corrected chi connectivity index (χ3v) is 3.85. The van der Waals surface area contributed by atoms with Gasteiger partial charge in [0.1, 0.15) is 18.1 Å². The number of carbonyl (C=O) groups excluding carboxylic acids is 2. The largest absolute Gasteiger partial charge is 0.507 e. The molecule has 0 aliphatic heterocycles. The maximum Gasteiger partial charge on any atom is 0.378 e. The third kappa shape index (κ3) is 4.49. The van der Waals surface area contributed by atoms with E-state index in [9.17, 15) is 14.7 Å². The van der Waals surface area contributed by atoms with Gasteiger partial charge in [0.05, 0.1) is 18.3 Å². The summed E-state index contributed by atoms with van der Waals surface area (Å²) in [4.78, 5) is 27.1. The molecule has 1 N–H and O–H groups in total. The molecule has 0 fully saturated rings. The van der Waals surface area contributed by atoms with Gasteiger partial charge in [0.15, 0.2) is 0 Å². The summed E-state index contributed by atoms with van der Waals surface area (Å²) < 4.78 is 10.0. The first-order valence-corrected chi connectivity index (χ1v) is 8.17. The van der Waals surface area contributed by atoms with Crippen LogP contribution in [0.2, 0.25) is 0 Å². The van der Waals surface area contributed by atoms with Crippen LogP contribution in [0.3, 0.4) is 0 Å². The van der Waals surface area contributed by atoms with E-state index in [2.05, 4.69) is 9.72 Å². The summed E-state index contributed by atoms with van der Waals surface area (Å²) in [7, 11) is 1.10. The lowest BCUT2D eigenvalue weighted by molar-refractivity contribution is -0.149. The molecule has 1 aromatic heterocycles. The van der Waals surface area contributed by atoms with Gasteiger partial charge in [-0.25, -0.2) is 9.78 Å². The molecule has 0 aliphatic carbocycles. The summed E-state index contributed by atoms with van der Waals surface area (Å²) >= 11 is 0. The van der Waals surface area contributed by atoms with Crippen molar-refractivity contribution in [3.63, 3.8) is 0 Å². The molecule has 0 aliphatic rings. The molecule has 6 heteroatoms. The van der Waals surface area contributed by atoms with E-state index in [0.29, 0.717) is 17.9 Å². The predicted octanol–water partition coefficient (Wildman–Crippen LogP) is 3.45. The van der Waals surface area contributed by atoms with Crippen molar-refractivity contribution < 1.29 is 24.2 Å². The van der Waals surface area contributed by atoms with Crippen molar-refractivity contribution in [2.75, 3.05) is 7.11 Å². The Morgan fingerprint density at radius 2 is 1.78 bits per heavy atom. The molecule has 0 atom stereocenters. The standard InChI is InChI=1S/C21H17NO5/c1-26-21(25)20(24)12-19(23)15-7-10-17(11-8-15)27-13-16-9-6-14-4-2-3-5-18(14)22-16/h2-12,23H,13H2,1H3/b19-12-. The zero-order valence-electron chi connectivity index (χ0n) is 14.6. The van der Waals surface area contributed by atoms with Crippen LogP contribution in [-0.2, 0) is 20.9 Å². The van der Waals surface area contributed by atoms with Gasteiger partial charge in [-0.3, -0.25) is 4.79 Å². The Morgan fingerprint density at radius 1 is 1.04 bits per heavy atom. The second kappa shape index (κ2) is 8.14. The summed E-state index contributed by atoms with van der Waals surface area (Å²) in [5, 5.41) is 11.0. The number of pyridine rings is 1. The van der Waals surface area contributed by atoms with Crippen molar-refractivity contribution in [1.82, 2.24) is 4.98 Å². The van der Waals surface area contributed by atoms with E-state index < -0.39 is 11.8 Å². The highest BCUT2D eigenvalue weighted by atomic mass is 16.5. The number of nitrogens with zero attached hydrogens (tertiary/aromatic N) is 1. The van der Waals surface area contributed by atoms with E-state index in [1.165, 1.54) is 0 Å². The monoisotopic (exact) mass is 363 g/mol. The number of hydrogen-bond donors (Lipinski definition) is 1. The van der Waals surface area contributed by atoms with Crippen LogP contribution in [0.15, 0.2) is 66.7 Å². The highest BCUT2D eigenvalue weighted by Crippen LogP contribution is 2.19. The molecule has 3 aromatic rings. The highest BCUT2D eigenvalue weighted by Gasteiger charge is 2.12. The molecular formula is C21H17NO5. The van der Waals surface area contributed by atoms with Gasteiger partial charge in [0, 0.05) is 17.0 Å². The molecule has 0 saturated heterocycles. The van der Waals surface area contributed by atoms with Gasteiger partial charge in [0.2, 0.25) is 0 Å². The lowest BCUT2D eigenvalue weighted by atomic mass is 10.1. The molecule has 6 nitrogen and oxygen atoms in total. The van der Waals surface area contributed by atoms with E-state index in [-0.39, 0.29) is 5.76 Å². The van der Waals surface area contributed by atoms with Crippen LogP contribution < -0.4 is 4.74 Å². The molecule has 1 heterocycles. The molecule has 0 amide bonds. The summed E-state index contributed by atoms with van der Waals surface area (Å²) in [6, 6.07) is 18.2. The van der Waals surface area contributed by atoms with Crippen LogP contribution >= 0.6 is 0 Å². The van der Waals surface area contributed by atoms with Gasteiger partial charge >= 0.3 is 5.97 Å². The molecule has 0 unspecified atom stereocenters.